The van der Waals surface area contributed by atoms with E-state index in [1.54, 1.807) is 0 Å². The molecule has 0 saturated heterocycles. The van der Waals surface area contributed by atoms with E-state index in [0.29, 0.717) is 0 Å². The first-order chi connectivity index (χ1) is 11.6. The lowest BCUT2D eigenvalue weighted by Crippen LogP contribution is -2.36. The predicted octanol–water partition coefficient (Wildman–Crippen LogP) is 4.05. The van der Waals surface area contributed by atoms with Crippen LogP contribution in [0, 0.1) is 5.92 Å². The maximum absolute atomic E-state index is 12.6. The van der Waals surface area contributed by atoms with Crippen molar-refractivity contribution >= 4 is 22.6 Å². The molecular weight excluding hydrogens is 302 g/mol. The van der Waals surface area contributed by atoms with E-state index in [-0.39, 0.29) is 18.2 Å². The highest BCUT2D eigenvalue weighted by molar-refractivity contribution is 5.88. The van der Waals surface area contributed by atoms with Crippen molar-refractivity contribution in [2.45, 2.75) is 44.6 Å². The largest absolute Gasteiger partial charge is 0.481 e. The zero-order chi connectivity index (χ0) is 16.9. The number of benzene rings is 2. The van der Waals surface area contributed by atoms with Gasteiger partial charge in [0.2, 0.25) is 5.91 Å². The molecule has 0 radical (unpaired) electrons. The molecule has 0 aromatic heterocycles. The number of aliphatic carboxylic acids is 1. The number of amides is 1. The minimum absolute atomic E-state index is 0.00566. The number of hydrogen-bond acceptors (Lipinski definition) is 2. The molecule has 1 saturated carbocycles. The summed E-state index contributed by atoms with van der Waals surface area (Å²) in [4.78, 5) is 23.9. The van der Waals surface area contributed by atoms with Crippen molar-refractivity contribution in [2.24, 2.45) is 5.92 Å². The average Bonchev–Trinajstić information content (AvgIpc) is 2.61. The number of carboxylic acid groups (broad SMARTS) is 1. The van der Waals surface area contributed by atoms with Gasteiger partial charge in [0.05, 0.1) is 12.5 Å². The summed E-state index contributed by atoms with van der Waals surface area (Å²) < 4.78 is 0. The molecule has 0 bridgehead atoms. The van der Waals surface area contributed by atoms with Crippen LogP contribution in [0.15, 0.2) is 42.5 Å². The van der Waals surface area contributed by atoms with E-state index in [9.17, 15) is 14.7 Å². The van der Waals surface area contributed by atoms with Crippen molar-refractivity contribution in [1.29, 1.82) is 0 Å². The predicted molar refractivity (Wildman–Crippen MR) is 93.7 cm³/mol. The van der Waals surface area contributed by atoms with Crippen molar-refractivity contribution in [2.75, 3.05) is 0 Å². The first kappa shape index (κ1) is 16.5. The van der Waals surface area contributed by atoms with Crippen LogP contribution < -0.4 is 5.32 Å². The molecule has 2 aromatic carbocycles. The fourth-order valence-electron chi connectivity index (χ4n) is 3.62. The monoisotopic (exact) mass is 325 g/mol. The van der Waals surface area contributed by atoms with E-state index in [4.69, 9.17) is 0 Å². The summed E-state index contributed by atoms with van der Waals surface area (Å²) in [6.45, 7) is 0. The number of nitrogens with one attached hydrogen (secondary N) is 1. The van der Waals surface area contributed by atoms with Crippen LogP contribution in [-0.2, 0) is 9.59 Å². The fourth-order valence-corrected chi connectivity index (χ4v) is 3.62. The Balaban J connectivity index is 1.88. The minimum atomic E-state index is -0.906. The Bertz CT molecular complexity index is 729. The third kappa shape index (κ3) is 3.75. The van der Waals surface area contributed by atoms with Crippen molar-refractivity contribution in [3.05, 3.63) is 48.0 Å². The Morgan fingerprint density at radius 1 is 1.04 bits per heavy atom. The van der Waals surface area contributed by atoms with E-state index in [0.717, 1.165) is 42.0 Å². The zero-order valence-electron chi connectivity index (χ0n) is 13.7. The van der Waals surface area contributed by atoms with Crippen LogP contribution in [-0.4, -0.2) is 17.0 Å². The van der Waals surface area contributed by atoms with Gasteiger partial charge in [0.1, 0.15) is 0 Å². The Morgan fingerprint density at radius 2 is 1.75 bits per heavy atom. The van der Waals surface area contributed by atoms with Crippen LogP contribution in [0.3, 0.4) is 0 Å². The molecule has 126 valence electrons. The molecule has 2 N–H and O–H groups in total. The lowest BCUT2D eigenvalue weighted by Gasteiger charge is -2.25. The fraction of sp³-hybridized carbons (Fsp3) is 0.400. The third-order valence-corrected chi connectivity index (χ3v) is 4.87. The smallest absolute Gasteiger partial charge is 0.305 e. The van der Waals surface area contributed by atoms with Crippen LogP contribution in [0.25, 0.3) is 10.8 Å². The molecule has 1 fully saturated rings. The van der Waals surface area contributed by atoms with Crippen LogP contribution >= 0.6 is 0 Å². The van der Waals surface area contributed by atoms with Crippen molar-refractivity contribution in [1.82, 2.24) is 5.32 Å². The number of carboxylic acids is 1. The van der Waals surface area contributed by atoms with Gasteiger partial charge < -0.3 is 10.4 Å². The van der Waals surface area contributed by atoms with Crippen molar-refractivity contribution in [3.63, 3.8) is 0 Å². The Hall–Kier alpha value is -2.36. The van der Waals surface area contributed by atoms with Gasteiger partial charge in [-0.15, -0.1) is 0 Å². The summed E-state index contributed by atoms with van der Waals surface area (Å²) >= 11 is 0. The molecule has 0 spiro atoms. The van der Waals surface area contributed by atoms with Crippen molar-refractivity contribution < 1.29 is 14.7 Å². The van der Waals surface area contributed by atoms with E-state index < -0.39 is 12.0 Å². The van der Waals surface area contributed by atoms with Gasteiger partial charge in [-0.05, 0) is 29.2 Å². The normalized spacial score (nSPS) is 16.7. The maximum Gasteiger partial charge on any atom is 0.305 e. The second-order valence-electron chi connectivity index (χ2n) is 6.56. The summed E-state index contributed by atoms with van der Waals surface area (Å²) in [6, 6.07) is 13.2. The minimum Gasteiger partial charge on any atom is -0.481 e. The summed E-state index contributed by atoms with van der Waals surface area (Å²) in [5.74, 6) is -0.893. The van der Waals surface area contributed by atoms with Crippen LogP contribution in [0.5, 0.6) is 0 Å². The van der Waals surface area contributed by atoms with Gasteiger partial charge in [-0.25, -0.2) is 0 Å². The molecule has 0 aliphatic heterocycles. The van der Waals surface area contributed by atoms with Gasteiger partial charge in [-0.3, -0.25) is 9.59 Å². The molecule has 2 aromatic rings. The molecule has 4 heteroatoms. The summed E-state index contributed by atoms with van der Waals surface area (Å²) in [5, 5.41) is 14.3. The lowest BCUT2D eigenvalue weighted by atomic mass is 9.88. The third-order valence-electron chi connectivity index (χ3n) is 4.87. The molecule has 0 unspecified atom stereocenters. The summed E-state index contributed by atoms with van der Waals surface area (Å²) in [5.41, 5.74) is 0.875. The molecule has 1 atom stereocenters. The molecule has 1 aliphatic rings. The molecule has 24 heavy (non-hydrogen) atoms. The lowest BCUT2D eigenvalue weighted by molar-refractivity contribution is -0.138. The van der Waals surface area contributed by atoms with Crippen molar-refractivity contribution in [3.8, 4) is 0 Å². The van der Waals surface area contributed by atoms with Crippen LogP contribution in [0.1, 0.15) is 50.1 Å². The first-order valence-electron chi connectivity index (χ1n) is 8.65. The second-order valence-corrected chi connectivity index (χ2v) is 6.56. The van der Waals surface area contributed by atoms with Gasteiger partial charge in [0.25, 0.3) is 0 Å². The SMILES string of the molecule is O=C(O)C[C@@H](NC(=O)C1CCCCC1)c1cccc2ccccc12. The highest BCUT2D eigenvalue weighted by Gasteiger charge is 2.26. The zero-order valence-corrected chi connectivity index (χ0v) is 13.7. The van der Waals surface area contributed by atoms with E-state index in [1.807, 2.05) is 42.5 Å². The van der Waals surface area contributed by atoms with Gasteiger partial charge in [-0.2, -0.15) is 0 Å². The first-order valence-corrected chi connectivity index (χ1v) is 8.65. The molecular formula is C20H23NO3. The van der Waals surface area contributed by atoms with E-state index in [2.05, 4.69) is 5.32 Å². The van der Waals surface area contributed by atoms with Gasteiger partial charge in [-0.1, -0.05) is 61.7 Å². The summed E-state index contributed by atoms with van der Waals surface area (Å²) in [7, 11) is 0. The standard InChI is InChI=1S/C20H23NO3/c22-19(23)13-18(21-20(24)15-8-2-1-3-9-15)17-12-6-10-14-7-4-5-11-16(14)17/h4-7,10-12,15,18H,1-3,8-9,13H2,(H,21,24)(H,22,23)/t18-/m1/s1. The number of fused-ring (bicyclic) bond motifs is 1. The maximum atomic E-state index is 12.6. The van der Waals surface area contributed by atoms with E-state index >= 15 is 0 Å². The van der Waals surface area contributed by atoms with Gasteiger partial charge >= 0.3 is 5.97 Å². The Kier molecular flexibility index (Phi) is 5.14. The van der Waals surface area contributed by atoms with Gasteiger partial charge in [0.15, 0.2) is 0 Å². The number of carbonyl (C=O) groups excluding carboxylic acids is 1. The Morgan fingerprint density at radius 3 is 2.50 bits per heavy atom. The Labute approximate surface area is 141 Å². The summed E-state index contributed by atoms with van der Waals surface area (Å²) in [6.07, 6.45) is 5.05. The van der Waals surface area contributed by atoms with Gasteiger partial charge in [0, 0.05) is 5.92 Å². The molecule has 1 amide bonds. The number of carbonyl (C=O) groups is 2. The second kappa shape index (κ2) is 7.47. The highest BCUT2D eigenvalue weighted by atomic mass is 16.4. The van der Waals surface area contributed by atoms with Crippen LogP contribution in [0.4, 0.5) is 0 Å². The molecule has 1 aliphatic carbocycles. The molecule has 4 nitrogen and oxygen atoms in total. The molecule has 0 heterocycles. The number of rotatable bonds is 5. The average molecular weight is 325 g/mol. The molecule has 3 rings (SSSR count). The highest BCUT2D eigenvalue weighted by Crippen LogP contribution is 2.29. The number of hydrogen-bond donors (Lipinski definition) is 2. The van der Waals surface area contributed by atoms with Crippen LogP contribution in [0.2, 0.25) is 0 Å². The topological polar surface area (TPSA) is 66.4 Å². The van der Waals surface area contributed by atoms with E-state index in [1.165, 1.54) is 6.42 Å². The quantitative estimate of drug-likeness (QED) is 0.871.